The van der Waals surface area contributed by atoms with Gasteiger partial charge >= 0.3 is 0 Å². The number of hydrogen-bond acceptors (Lipinski definition) is 5. The van der Waals surface area contributed by atoms with Gasteiger partial charge in [0.1, 0.15) is 11.6 Å². The Hall–Kier alpha value is -2.77. The fraction of sp³-hybridized carbons (Fsp3) is 0.312. The molecule has 2 aromatic rings. The van der Waals surface area contributed by atoms with Crippen LogP contribution in [0.3, 0.4) is 0 Å². The molecule has 126 valence electrons. The second kappa shape index (κ2) is 7.20. The topological polar surface area (TPSA) is 58.6 Å². The van der Waals surface area contributed by atoms with Gasteiger partial charge in [0.2, 0.25) is 0 Å². The standard InChI is InChI=1S/C16H16F2N4O2/c17-12-1-2-14(13(18)9-12)24-11-16(23)22-7-5-21(6-8-22)15-10-19-3-4-20-15/h1-4,9-10H,5-8,11H2. The van der Waals surface area contributed by atoms with Crippen LogP contribution in [0.5, 0.6) is 5.75 Å². The number of carbonyl (C=O) groups is 1. The van der Waals surface area contributed by atoms with E-state index in [0.29, 0.717) is 26.2 Å². The Morgan fingerprint density at radius 1 is 1.17 bits per heavy atom. The van der Waals surface area contributed by atoms with Crippen LogP contribution in [0, 0.1) is 11.6 Å². The maximum Gasteiger partial charge on any atom is 0.260 e. The molecule has 24 heavy (non-hydrogen) atoms. The van der Waals surface area contributed by atoms with Crippen molar-refractivity contribution in [2.75, 3.05) is 37.7 Å². The van der Waals surface area contributed by atoms with Gasteiger partial charge in [0.05, 0.1) is 6.20 Å². The summed E-state index contributed by atoms with van der Waals surface area (Å²) in [5.74, 6) is -1.11. The Kier molecular flexibility index (Phi) is 4.83. The van der Waals surface area contributed by atoms with Gasteiger partial charge in [-0.1, -0.05) is 0 Å². The van der Waals surface area contributed by atoms with E-state index >= 15 is 0 Å². The highest BCUT2D eigenvalue weighted by Gasteiger charge is 2.22. The van der Waals surface area contributed by atoms with E-state index in [-0.39, 0.29) is 18.3 Å². The number of halogens is 2. The number of rotatable bonds is 4. The largest absolute Gasteiger partial charge is 0.481 e. The van der Waals surface area contributed by atoms with Crippen LogP contribution < -0.4 is 9.64 Å². The highest BCUT2D eigenvalue weighted by Crippen LogP contribution is 2.18. The summed E-state index contributed by atoms with van der Waals surface area (Å²) in [6, 6.07) is 2.98. The molecule has 3 rings (SSSR count). The molecule has 0 atom stereocenters. The van der Waals surface area contributed by atoms with Gasteiger partial charge < -0.3 is 14.5 Å². The summed E-state index contributed by atoms with van der Waals surface area (Å²) in [7, 11) is 0. The molecule has 8 heteroatoms. The number of piperazine rings is 1. The maximum absolute atomic E-state index is 13.5. The Labute approximate surface area is 137 Å². The Balaban J connectivity index is 1.50. The first kappa shape index (κ1) is 16.1. The van der Waals surface area contributed by atoms with E-state index < -0.39 is 11.6 Å². The average Bonchev–Trinajstić information content (AvgIpc) is 2.62. The van der Waals surface area contributed by atoms with Gasteiger partial charge in [-0.05, 0) is 12.1 Å². The van der Waals surface area contributed by atoms with Crippen LogP contribution in [0.15, 0.2) is 36.8 Å². The van der Waals surface area contributed by atoms with Crippen molar-refractivity contribution in [3.05, 3.63) is 48.4 Å². The molecule has 2 heterocycles. The summed E-state index contributed by atoms with van der Waals surface area (Å²) in [6.07, 6.45) is 4.91. The highest BCUT2D eigenvalue weighted by molar-refractivity contribution is 5.78. The highest BCUT2D eigenvalue weighted by atomic mass is 19.1. The number of benzene rings is 1. The molecule has 1 amide bonds. The van der Waals surface area contributed by atoms with Crippen LogP contribution in [0.2, 0.25) is 0 Å². The van der Waals surface area contributed by atoms with Crippen molar-refractivity contribution in [2.24, 2.45) is 0 Å². The lowest BCUT2D eigenvalue weighted by atomic mass is 10.3. The molecule has 1 aliphatic rings. The van der Waals surface area contributed by atoms with Gasteiger partial charge in [-0.15, -0.1) is 0 Å². The predicted octanol–water partition coefficient (Wildman–Crippen LogP) is 1.48. The smallest absolute Gasteiger partial charge is 0.260 e. The van der Waals surface area contributed by atoms with Crippen LogP contribution in [0.4, 0.5) is 14.6 Å². The normalized spacial score (nSPS) is 14.6. The fourth-order valence-electron chi connectivity index (χ4n) is 2.46. The molecular formula is C16H16F2N4O2. The van der Waals surface area contributed by atoms with Gasteiger partial charge in [-0.3, -0.25) is 9.78 Å². The van der Waals surface area contributed by atoms with E-state index in [2.05, 4.69) is 9.97 Å². The molecular weight excluding hydrogens is 318 g/mol. The van der Waals surface area contributed by atoms with E-state index in [0.717, 1.165) is 18.0 Å². The summed E-state index contributed by atoms with van der Waals surface area (Å²) in [4.78, 5) is 24.1. The maximum atomic E-state index is 13.5. The number of amides is 1. The first-order valence-corrected chi connectivity index (χ1v) is 7.50. The van der Waals surface area contributed by atoms with Crippen molar-refractivity contribution in [2.45, 2.75) is 0 Å². The van der Waals surface area contributed by atoms with E-state index in [1.54, 1.807) is 23.5 Å². The quantitative estimate of drug-likeness (QED) is 0.848. The zero-order valence-corrected chi connectivity index (χ0v) is 12.9. The zero-order chi connectivity index (χ0) is 16.9. The van der Waals surface area contributed by atoms with Gasteiger partial charge in [-0.2, -0.15) is 0 Å². The summed E-state index contributed by atoms with van der Waals surface area (Å²) in [5, 5.41) is 0. The number of aromatic nitrogens is 2. The minimum atomic E-state index is -0.824. The van der Waals surface area contributed by atoms with E-state index in [1.807, 2.05) is 4.90 Å². The summed E-state index contributed by atoms with van der Waals surface area (Å²) < 4.78 is 31.5. The molecule has 1 fully saturated rings. The molecule has 0 N–H and O–H groups in total. The lowest BCUT2D eigenvalue weighted by Gasteiger charge is -2.35. The molecule has 6 nitrogen and oxygen atoms in total. The lowest BCUT2D eigenvalue weighted by molar-refractivity contribution is -0.133. The third-order valence-corrected chi connectivity index (χ3v) is 3.75. The third-order valence-electron chi connectivity index (χ3n) is 3.75. The van der Waals surface area contributed by atoms with Crippen molar-refractivity contribution < 1.29 is 18.3 Å². The summed E-state index contributed by atoms with van der Waals surface area (Å²) >= 11 is 0. The molecule has 0 saturated carbocycles. The van der Waals surface area contributed by atoms with Crippen LogP contribution in [0.25, 0.3) is 0 Å². The Bertz CT molecular complexity index is 706. The van der Waals surface area contributed by atoms with Crippen LogP contribution in [0.1, 0.15) is 0 Å². The van der Waals surface area contributed by atoms with Crippen molar-refractivity contribution in [3.63, 3.8) is 0 Å². The van der Waals surface area contributed by atoms with Gasteiger partial charge in [0.25, 0.3) is 5.91 Å². The van der Waals surface area contributed by atoms with Gasteiger partial charge in [0.15, 0.2) is 18.2 Å². The van der Waals surface area contributed by atoms with Gasteiger partial charge in [0, 0.05) is 44.6 Å². The number of nitrogens with zero attached hydrogens (tertiary/aromatic N) is 4. The van der Waals surface area contributed by atoms with Gasteiger partial charge in [-0.25, -0.2) is 13.8 Å². The van der Waals surface area contributed by atoms with Crippen molar-refractivity contribution in [3.8, 4) is 5.75 Å². The van der Waals surface area contributed by atoms with E-state index in [4.69, 9.17) is 4.74 Å². The minimum Gasteiger partial charge on any atom is -0.481 e. The second-order valence-electron chi connectivity index (χ2n) is 5.29. The second-order valence-corrected chi connectivity index (χ2v) is 5.29. The number of carbonyl (C=O) groups excluding carboxylic acids is 1. The molecule has 0 bridgehead atoms. The first-order chi connectivity index (χ1) is 11.6. The molecule has 1 aliphatic heterocycles. The number of hydrogen-bond donors (Lipinski definition) is 0. The zero-order valence-electron chi connectivity index (χ0n) is 12.9. The van der Waals surface area contributed by atoms with Crippen molar-refractivity contribution in [1.29, 1.82) is 0 Å². The van der Waals surface area contributed by atoms with Crippen molar-refractivity contribution >= 4 is 11.7 Å². The molecule has 0 aliphatic carbocycles. The van der Waals surface area contributed by atoms with Crippen LogP contribution in [-0.2, 0) is 4.79 Å². The monoisotopic (exact) mass is 334 g/mol. The summed E-state index contributed by atoms with van der Waals surface area (Å²) in [5.41, 5.74) is 0. The minimum absolute atomic E-state index is 0.136. The molecule has 0 radical (unpaired) electrons. The van der Waals surface area contributed by atoms with Crippen LogP contribution >= 0.6 is 0 Å². The number of anilines is 1. The Morgan fingerprint density at radius 2 is 1.96 bits per heavy atom. The third kappa shape index (κ3) is 3.76. The SMILES string of the molecule is O=C(COc1ccc(F)cc1F)N1CCN(c2cnccn2)CC1. The predicted molar refractivity (Wildman–Crippen MR) is 82.7 cm³/mol. The average molecular weight is 334 g/mol. The first-order valence-electron chi connectivity index (χ1n) is 7.50. The van der Waals surface area contributed by atoms with Crippen LogP contribution in [-0.4, -0.2) is 53.6 Å². The fourth-order valence-corrected chi connectivity index (χ4v) is 2.46. The molecule has 1 saturated heterocycles. The van der Waals surface area contributed by atoms with E-state index in [1.165, 1.54) is 6.07 Å². The lowest BCUT2D eigenvalue weighted by Crippen LogP contribution is -2.50. The Morgan fingerprint density at radius 3 is 2.62 bits per heavy atom. The molecule has 0 unspecified atom stereocenters. The summed E-state index contributed by atoms with van der Waals surface area (Å²) in [6.45, 7) is 2.02. The van der Waals surface area contributed by atoms with E-state index in [9.17, 15) is 13.6 Å². The molecule has 1 aromatic heterocycles. The molecule has 1 aromatic carbocycles. The molecule has 0 spiro atoms. The van der Waals surface area contributed by atoms with Crippen molar-refractivity contribution in [1.82, 2.24) is 14.9 Å². The number of ether oxygens (including phenoxy) is 1.